The molecule has 0 N–H and O–H groups in total. The largest absolute Gasteiger partial charge is 4.00 e. The van der Waals surface area contributed by atoms with E-state index in [1.165, 1.54) is 0 Å². The third-order valence-electron chi connectivity index (χ3n) is 0. The molecule has 0 aliphatic heterocycles. The van der Waals surface area contributed by atoms with Gasteiger partial charge in [0.2, 0.25) is 0 Å². The van der Waals surface area contributed by atoms with Crippen LogP contribution in [0.3, 0.4) is 0 Å². The molecule has 16 nitrogen and oxygen atoms in total. The maximum absolute atomic E-state index is 8.55. The Hall–Kier alpha value is 3.26. The van der Waals surface area contributed by atoms with E-state index in [0.29, 0.717) is 0 Å². The van der Waals surface area contributed by atoms with Gasteiger partial charge < -0.3 is 77.0 Å². The van der Waals surface area contributed by atoms with Crippen molar-refractivity contribution in [1.82, 2.24) is 0 Å². The van der Waals surface area contributed by atoms with Gasteiger partial charge in [0, 0.05) is 18.6 Å². The maximum Gasteiger partial charge on any atom is 4.00 e. The zero-order valence-corrected chi connectivity index (χ0v) is 20.4. The molecular weight excluding hydrogens is 557 g/mol. The van der Waals surface area contributed by atoms with Crippen molar-refractivity contribution in [2.45, 2.75) is 0 Å². The van der Waals surface area contributed by atoms with Crippen molar-refractivity contribution in [3.8, 4) is 0 Å². The molecule has 0 rings (SSSR count). The summed E-state index contributed by atoms with van der Waals surface area (Å²) in [6, 6.07) is 0. The molecule has 2 radical (unpaired) electrons. The van der Waals surface area contributed by atoms with E-state index in [1.54, 1.807) is 0 Å². The minimum absolute atomic E-state index is 0. The van der Waals surface area contributed by atoms with Gasteiger partial charge in [-0.1, -0.05) is 0 Å². The summed E-state index contributed by atoms with van der Waals surface area (Å²) in [5.74, 6) is 0. The SMILES string of the molecule is O=P([O-])([O-])[O-].O=P([O-])([O-])[O-].O=P([O-])([O-])[O-].O=P([O-])([O-])[O-].[Mn+2].[Na+].[Ti+4].[V]. The van der Waals surface area contributed by atoms with Crippen molar-refractivity contribution in [3.05, 3.63) is 0 Å². The van der Waals surface area contributed by atoms with E-state index in [-0.39, 0.29) is 86.9 Å². The van der Waals surface area contributed by atoms with Crippen LogP contribution in [0.1, 0.15) is 0 Å². The second-order valence-electron chi connectivity index (χ2n) is 1.79. The van der Waals surface area contributed by atoms with Gasteiger partial charge in [-0.3, -0.25) is 0 Å². The summed E-state index contributed by atoms with van der Waals surface area (Å²) in [5.41, 5.74) is 0. The van der Waals surface area contributed by atoms with Crippen molar-refractivity contribution < 1.29 is 164 Å². The van der Waals surface area contributed by atoms with Gasteiger partial charge in [0.1, 0.15) is 0 Å². The smallest absolute Gasteiger partial charge is 0.822 e. The molecule has 24 heavy (non-hydrogen) atoms. The standard InChI is InChI=1S/Mn.Na.4H3O4P.Ti.V/c;;4*1-5(2,3)4;;/h;;4*(H3,1,2,3,4);;/q+2;+1;;;;;+4;/p-12. The first-order valence-electron chi connectivity index (χ1n) is 2.92. The summed E-state index contributed by atoms with van der Waals surface area (Å²) >= 11 is 0. The first-order chi connectivity index (χ1) is 8.00. The number of hydrogen-bond donors (Lipinski definition) is 0. The zero-order chi connectivity index (χ0) is 18.0. The molecule has 0 aromatic carbocycles. The Morgan fingerprint density at radius 3 is 0.417 bits per heavy atom. The molecule has 0 fully saturated rings. The second-order valence-corrected chi connectivity index (χ2v) is 5.37. The average Bonchev–Trinajstić information content (AvgIpc) is 1.62. The molecule has 0 aromatic rings. The minimum atomic E-state index is -5.39. The van der Waals surface area contributed by atoms with Crippen LogP contribution in [0.5, 0.6) is 0 Å². The van der Waals surface area contributed by atoms with Gasteiger partial charge in [-0.05, 0) is 0 Å². The predicted molar refractivity (Wildman–Crippen MR) is 30.4 cm³/mol. The molecule has 0 saturated carbocycles. The number of phosphoric acid groups is 4. The molecule has 24 heteroatoms. The minimum Gasteiger partial charge on any atom is -0.822 e. The molecular formula is MnNaO16P4TiV-5. The molecule has 0 aliphatic carbocycles. The van der Waals surface area contributed by atoms with E-state index < -0.39 is 31.3 Å². The van der Waals surface area contributed by atoms with Gasteiger partial charge in [-0.2, -0.15) is 31.3 Å². The quantitative estimate of drug-likeness (QED) is 0.197. The molecule has 138 valence electrons. The molecule has 0 unspecified atom stereocenters. The van der Waals surface area contributed by atoms with Crippen LogP contribution in [0, 0.1) is 0 Å². The Morgan fingerprint density at radius 2 is 0.417 bits per heavy atom. The second kappa shape index (κ2) is 22.5. The Morgan fingerprint density at radius 1 is 0.417 bits per heavy atom. The van der Waals surface area contributed by atoms with E-state index in [4.69, 9.17) is 77.0 Å². The summed E-state index contributed by atoms with van der Waals surface area (Å²) in [4.78, 5) is 103. The van der Waals surface area contributed by atoms with E-state index in [2.05, 4.69) is 0 Å². The molecule has 0 atom stereocenters. The number of rotatable bonds is 0. The van der Waals surface area contributed by atoms with Gasteiger partial charge in [-0.25, -0.2) is 0 Å². The number of hydrogen-bond acceptors (Lipinski definition) is 16. The molecule has 0 heterocycles. The topological polar surface area (TPSA) is 345 Å². The first-order valence-corrected chi connectivity index (χ1v) is 8.76. The zero-order valence-electron chi connectivity index (χ0n) is 10.6. The fourth-order valence-corrected chi connectivity index (χ4v) is 0. The van der Waals surface area contributed by atoms with Crippen LogP contribution in [-0.2, 0) is 75.6 Å². The van der Waals surface area contributed by atoms with Crippen LogP contribution < -0.4 is 88.3 Å². The normalized spacial score (nSPS) is 9.83. The van der Waals surface area contributed by atoms with Gasteiger partial charge in [0.25, 0.3) is 0 Å². The van der Waals surface area contributed by atoms with E-state index in [9.17, 15) is 0 Å². The van der Waals surface area contributed by atoms with E-state index in [0.717, 1.165) is 0 Å². The molecule has 0 aliphatic rings. The van der Waals surface area contributed by atoms with Crippen LogP contribution in [0.15, 0.2) is 0 Å². The average molecular weight is 557 g/mol. The van der Waals surface area contributed by atoms with Crippen LogP contribution >= 0.6 is 31.3 Å². The molecule has 0 spiro atoms. The van der Waals surface area contributed by atoms with E-state index >= 15 is 0 Å². The maximum atomic E-state index is 8.55. The van der Waals surface area contributed by atoms with E-state index in [1.807, 2.05) is 0 Å². The first kappa shape index (κ1) is 50.7. The summed E-state index contributed by atoms with van der Waals surface area (Å²) in [6.07, 6.45) is 0. The molecule has 0 amide bonds. The Bertz CT molecular complexity index is 303. The third-order valence-corrected chi connectivity index (χ3v) is 0. The summed E-state index contributed by atoms with van der Waals surface area (Å²) in [5, 5.41) is 0. The van der Waals surface area contributed by atoms with Crippen LogP contribution in [-0.4, -0.2) is 0 Å². The van der Waals surface area contributed by atoms with Crippen molar-refractivity contribution >= 4 is 31.3 Å². The summed E-state index contributed by atoms with van der Waals surface area (Å²) < 4.78 is 34.2. The van der Waals surface area contributed by atoms with Crippen molar-refractivity contribution in [1.29, 1.82) is 0 Å². The summed E-state index contributed by atoms with van der Waals surface area (Å²) in [6.45, 7) is 0. The fraction of sp³-hybridized carbons (Fsp3) is 0. The molecule has 0 bridgehead atoms. The predicted octanol–water partition coefficient (Wildman–Crippen LogP) is -14.3. The van der Waals surface area contributed by atoms with Crippen molar-refractivity contribution in [2.24, 2.45) is 0 Å². The van der Waals surface area contributed by atoms with Crippen LogP contribution in [0.25, 0.3) is 0 Å². The Labute approximate surface area is 193 Å². The van der Waals surface area contributed by atoms with Gasteiger partial charge >= 0.3 is 68.3 Å². The fourth-order valence-electron chi connectivity index (χ4n) is 0. The van der Waals surface area contributed by atoms with Crippen LogP contribution in [0.2, 0.25) is 0 Å². The van der Waals surface area contributed by atoms with Crippen molar-refractivity contribution in [3.63, 3.8) is 0 Å². The molecule has 0 saturated heterocycles. The summed E-state index contributed by atoms with van der Waals surface area (Å²) in [7, 11) is -21.6. The Kier molecular flexibility index (Phi) is 47.6. The van der Waals surface area contributed by atoms with Gasteiger partial charge in [0.05, 0.1) is 0 Å². The molecule has 0 aromatic heterocycles. The van der Waals surface area contributed by atoms with Gasteiger partial charge in [0.15, 0.2) is 0 Å². The monoisotopic (exact) mass is 557 g/mol. The van der Waals surface area contributed by atoms with Crippen molar-refractivity contribution in [2.75, 3.05) is 0 Å². The van der Waals surface area contributed by atoms with Crippen LogP contribution in [0.4, 0.5) is 0 Å². The van der Waals surface area contributed by atoms with Gasteiger partial charge in [-0.15, -0.1) is 0 Å². The Balaban J connectivity index is -0.0000000225. The third kappa shape index (κ3) is 1400.